The van der Waals surface area contributed by atoms with Crippen LogP contribution in [0.4, 0.5) is 24.9 Å². The molecule has 0 aliphatic carbocycles. The van der Waals surface area contributed by atoms with E-state index < -0.39 is 21.9 Å². The smallest absolute Gasteiger partial charge is 0.309 e. The third-order valence-corrected chi connectivity index (χ3v) is 6.27. The number of pyridine rings is 1. The van der Waals surface area contributed by atoms with E-state index in [2.05, 4.69) is 20.3 Å². The molecule has 1 saturated heterocycles. The molecule has 0 bridgehead atoms. The standard InChI is InChI=1S/C16H19F3N6O2S/c1-24(2)28(26,27)25-8-5-11(10-25)13-4-7-21-15(22-13)23-14-9-12(3-6-20-14)16(17,18)19/h3-4,6-7,9,11H,5,8,10H2,1-2H3,(H,20,21,22,23)/t11-/m1/s1. The molecule has 1 N–H and O–H groups in total. The predicted molar refractivity (Wildman–Crippen MR) is 96.1 cm³/mol. The van der Waals surface area contributed by atoms with Gasteiger partial charge in [-0.05, 0) is 24.6 Å². The number of hydrogen-bond acceptors (Lipinski definition) is 6. The van der Waals surface area contributed by atoms with Gasteiger partial charge >= 0.3 is 6.18 Å². The van der Waals surface area contributed by atoms with Crippen molar-refractivity contribution in [3.63, 3.8) is 0 Å². The summed E-state index contributed by atoms with van der Waals surface area (Å²) in [6.07, 6.45) is -1.37. The maximum absolute atomic E-state index is 12.8. The summed E-state index contributed by atoms with van der Waals surface area (Å²) in [7, 11) is -0.565. The first-order valence-corrected chi connectivity index (χ1v) is 9.78. The Labute approximate surface area is 160 Å². The Kier molecular flexibility index (Phi) is 5.55. The minimum Gasteiger partial charge on any atom is -0.309 e. The Morgan fingerprint density at radius 3 is 2.61 bits per heavy atom. The number of nitrogens with zero attached hydrogens (tertiary/aromatic N) is 5. The number of anilines is 2. The average Bonchev–Trinajstić information content (AvgIpc) is 3.12. The fourth-order valence-electron chi connectivity index (χ4n) is 2.86. The fourth-order valence-corrected chi connectivity index (χ4v) is 4.03. The molecule has 0 aromatic carbocycles. The van der Waals surface area contributed by atoms with Crippen LogP contribution in [-0.2, 0) is 16.4 Å². The molecular weight excluding hydrogens is 397 g/mol. The lowest BCUT2D eigenvalue weighted by molar-refractivity contribution is -0.137. The van der Waals surface area contributed by atoms with Crippen molar-refractivity contribution in [1.82, 2.24) is 23.6 Å². The highest BCUT2D eigenvalue weighted by Gasteiger charge is 2.34. The van der Waals surface area contributed by atoms with Gasteiger partial charge in [0.15, 0.2) is 0 Å². The normalized spacial score (nSPS) is 18.6. The molecule has 8 nitrogen and oxygen atoms in total. The van der Waals surface area contributed by atoms with Crippen LogP contribution in [0.25, 0.3) is 0 Å². The lowest BCUT2D eigenvalue weighted by atomic mass is 10.1. The quantitative estimate of drug-likeness (QED) is 0.804. The van der Waals surface area contributed by atoms with Crippen LogP contribution < -0.4 is 5.32 Å². The van der Waals surface area contributed by atoms with Gasteiger partial charge in [-0.1, -0.05) is 0 Å². The molecule has 12 heteroatoms. The first kappa shape index (κ1) is 20.4. The van der Waals surface area contributed by atoms with Crippen molar-refractivity contribution in [2.45, 2.75) is 18.5 Å². The number of alkyl halides is 3. The summed E-state index contributed by atoms with van der Waals surface area (Å²) in [4.78, 5) is 12.2. The Balaban J connectivity index is 1.75. The number of nitrogens with one attached hydrogen (secondary N) is 1. The van der Waals surface area contributed by atoms with Crippen LogP contribution in [0.3, 0.4) is 0 Å². The van der Waals surface area contributed by atoms with Gasteiger partial charge in [-0.15, -0.1) is 0 Å². The van der Waals surface area contributed by atoms with E-state index in [0.29, 0.717) is 18.7 Å². The van der Waals surface area contributed by atoms with E-state index in [0.717, 1.165) is 22.6 Å². The first-order valence-electron chi connectivity index (χ1n) is 8.38. The molecule has 1 aliphatic heterocycles. The van der Waals surface area contributed by atoms with Gasteiger partial charge in [-0.3, -0.25) is 0 Å². The molecule has 1 aliphatic rings. The van der Waals surface area contributed by atoms with Crippen molar-refractivity contribution in [2.75, 3.05) is 32.5 Å². The lowest BCUT2D eigenvalue weighted by Gasteiger charge is -2.20. The Morgan fingerprint density at radius 1 is 1.21 bits per heavy atom. The van der Waals surface area contributed by atoms with E-state index in [1.165, 1.54) is 24.6 Å². The molecule has 1 fully saturated rings. The maximum atomic E-state index is 12.8. The molecule has 152 valence electrons. The summed E-state index contributed by atoms with van der Waals surface area (Å²) >= 11 is 0. The van der Waals surface area contributed by atoms with Crippen LogP contribution in [0.1, 0.15) is 23.6 Å². The molecule has 0 radical (unpaired) electrons. The zero-order valence-corrected chi connectivity index (χ0v) is 16.0. The molecule has 28 heavy (non-hydrogen) atoms. The highest BCUT2D eigenvalue weighted by molar-refractivity contribution is 7.86. The monoisotopic (exact) mass is 416 g/mol. The van der Waals surface area contributed by atoms with E-state index in [4.69, 9.17) is 0 Å². The van der Waals surface area contributed by atoms with E-state index >= 15 is 0 Å². The first-order chi connectivity index (χ1) is 13.1. The number of rotatable bonds is 5. The fraction of sp³-hybridized carbons (Fsp3) is 0.438. The minimum atomic E-state index is -4.48. The van der Waals surface area contributed by atoms with Crippen LogP contribution in [0, 0.1) is 0 Å². The summed E-state index contributed by atoms with van der Waals surface area (Å²) in [6.45, 7) is 0.645. The average molecular weight is 416 g/mol. The van der Waals surface area contributed by atoms with E-state index in [9.17, 15) is 21.6 Å². The summed E-state index contributed by atoms with van der Waals surface area (Å²) in [5, 5.41) is 2.67. The molecule has 2 aromatic heterocycles. The summed E-state index contributed by atoms with van der Waals surface area (Å²) < 4.78 is 65.5. The summed E-state index contributed by atoms with van der Waals surface area (Å²) in [5.41, 5.74) is -0.220. The van der Waals surface area contributed by atoms with Crippen LogP contribution >= 0.6 is 0 Å². The Bertz CT molecular complexity index is 951. The van der Waals surface area contributed by atoms with Crippen LogP contribution in [-0.4, -0.2) is 59.2 Å². The van der Waals surface area contributed by atoms with Crippen molar-refractivity contribution >= 4 is 22.0 Å². The maximum Gasteiger partial charge on any atom is 0.416 e. The van der Waals surface area contributed by atoms with Gasteiger partial charge in [0.05, 0.1) is 11.3 Å². The van der Waals surface area contributed by atoms with Crippen molar-refractivity contribution in [3.05, 3.63) is 41.9 Å². The minimum absolute atomic E-state index is 0.0322. The van der Waals surface area contributed by atoms with Gasteiger partial charge in [-0.25, -0.2) is 15.0 Å². The van der Waals surface area contributed by atoms with Crippen molar-refractivity contribution < 1.29 is 21.6 Å². The van der Waals surface area contributed by atoms with Crippen molar-refractivity contribution in [2.24, 2.45) is 0 Å². The third kappa shape index (κ3) is 4.39. The molecule has 0 spiro atoms. The summed E-state index contributed by atoms with van der Waals surface area (Å²) in [6, 6.07) is 3.42. The molecule has 1 atom stereocenters. The number of hydrogen-bond donors (Lipinski definition) is 1. The second kappa shape index (κ2) is 7.60. The zero-order chi connectivity index (χ0) is 20.5. The highest BCUT2D eigenvalue weighted by atomic mass is 32.2. The molecule has 3 rings (SSSR count). The van der Waals surface area contributed by atoms with Gasteiger partial charge in [0, 0.05) is 45.5 Å². The zero-order valence-electron chi connectivity index (χ0n) is 15.2. The second-order valence-corrected chi connectivity index (χ2v) is 8.63. The van der Waals surface area contributed by atoms with Crippen LogP contribution in [0.2, 0.25) is 0 Å². The van der Waals surface area contributed by atoms with E-state index in [1.54, 1.807) is 6.07 Å². The van der Waals surface area contributed by atoms with Crippen molar-refractivity contribution in [1.29, 1.82) is 0 Å². The number of halogens is 3. The third-order valence-electron chi connectivity index (χ3n) is 4.36. The largest absolute Gasteiger partial charge is 0.416 e. The predicted octanol–water partition coefficient (Wildman–Crippen LogP) is 2.23. The van der Waals surface area contributed by atoms with Gasteiger partial charge in [0.2, 0.25) is 5.95 Å². The Hall–Kier alpha value is -2.31. The lowest BCUT2D eigenvalue weighted by Crippen LogP contribution is -2.38. The highest BCUT2D eigenvalue weighted by Crippen LogP contribution is 2.31. The van der Waals surface area contributed by atoms with Crippen LogP contribution in [0.15, 0.2) is 30.6 Å². The SMILES string of the molecule is CN(C)S(=O)(=O)N1CC[C@@H](c2ccnc(Nc3cc(C(F)(F)F)ccn3)n2)C1. The van der Waals surface area contributed by atoms with Gasteiger partial charge in [0.25, 0.3) is 10.2 Å². The summed E-state index contributed by atoms with van der Waals surface area (Å²) in [5.74, 6) is -0.0683. The topological polar surface area (TPSA) is 91.3 Å². The molecular formula is C16H19F3N6O2S. The van der Waals surface area contributed by atoms with E-state index in [-0.39, 0.29) is 24.2 Å². The van der Waals surface area contributed by atoms with Crippen LogP contribution in [0.5, 0.6) is 0 Å². The van der Waals surface area contributed by atoms with Crippen molar-refractivity contribution in [3.8, 4) is 0 Å². The molecule has 0 amide bonds. The Morgan fingerprint density at radius 2 is 1.93 bits per heavy atom. The molecule has 3 heterocycles. The second-order valence-electron chi connectivity index (χ2n) is 6.49. The van der Waals surface area contributed by atoms with Gasteiger partial charge in [-0.2, -0.15) is 30.2 Å². The number of aromatic nitrogens is 3. The molecule has 0 saturated carbocycles. The molecule has 0 unspecified atom stereocenters. The van der Waals surface area contributed by atoms with Gasteiger partial charge in [0.1, 0.15) is 5.82 Å². The van der Waals surface area contributed by atoms with Gasteiger partial charge < -0.3 is 5.32 Å². The molecule has 2 aromatic rings. The van der Waals surface area contributed by atoms with E-state index in [1.807, 2.05) is 0 Å².